The molecule has 1 heterocycles. The minimum absolute atomic E-state index is 0.0745. The summed E-state index contributed by atoms with van der Waals surface area (Å²) < 4.78 is 1.17. The van der Waals surface area contributed by atoms with Crippen molar-refractivity contribution in [3.05, 3.63) is 29.3 Å². The van der Waals surface area contributed by atoms with Crippen molar-refractivity contribution in [1.29, 1.82) is 0 Å². The van der Waals surface area contributed by atoms with Crippen LogP contribution in [0.1, 0.15) is 30.7 Å². The molecule has 0 spiro atoms. The maximum absolute atomic E-state index is 11.6. The van der Waals surface area contributed by atoms with Gasteiger partial charge < -0.3 is 0 Å². The van der Waals surface area contributed by atoms with Gasteiger partial charge in [-0.05, 0) is 37.8 Å². The number of hydrogen-bond acceptors (Lipinski definition) is 4. The average molecular weight is 303 g/mol. The number of hydrogen-bond donors (Lipinski definition) is 2. The van der Waals surface area contributed by atoms with E-state index < -0.39 is 0 Å². The number of thiazole rings is 1. The summed E-state index contributed by atoms with van der Waals surface area (Å²) in [6, 6.07) is 8.02. The van der Waals surface area contributed by atoms with Crippen LogP contribution in [-0.4, -0.2) is 16.8 Å². The first-order chi connectivity index (χ1) is 10.2. The van der Waals surface area contributed by atoms with Crippen LogP contribution in [0.5, 0.6) is 0 Å². The molecule has 0 atom stereocenters. The molecule has 2 amide bonds. The molecule has 0 bridgehead atoms. The molecule has 1 saturated carbocycles. The summed E-state index contributed by atoms with van der Waals surface area (Å²) in [7, 11) is 0. The lowest BCUT2D eigenvalue weighted by Crippen LogP contribution is -2.42. The highest BCUT2D eigenvalue weighted by atomic mass is 32.1. The third kappa shape index (κ3) is 3.78. The van der Waals surface area contributed by atoms with Crippen LogP contribution in [0.2, 0.25) is 0 Å². The van der Waals surface area contributed by atoms with Gasteiger partial charge in [-0.15, -0.1) is 11.3 Å². The van der Waals surface area contributed by atoms with Crippen molar-refractivity contribution in [2.75, 3.05) is 0 Å². The number of nitrogens with one attached hydrogen (secondary N) is 2. The van der Waals surface area contributed by atoms with Gasteiger partial charge in [-0.2, -0.15) is 0 Å². The number of benzene rings is 1. The van der Waals surface area contributed by atoms with Crippen LogP contribution in [-0.2, 0) is 16.0 Å². The molecule has 110 valence electrons. The molecule has 0 unspecified atom stereocenters. The Kier molecular flexibility index (Phi) is 4.15. The van der Waals surface area contributed by atoms with E-state index >= 15 is 0 Å². The number of amides is 2. The second-order valence-electron chi connectivity index (χ2n) is 5.24. The first-order valence-electron chi connectivity index (χ1n) is 7.15. The third-order valence-electron chi connectivity index (χ3n) is 3.41. The molecule has 1 aromatic heterocycles. The van der Waals surface area contributed by atoms with E-state index in [0.29, 0.717) is 6.42 Å². The van der Waals surface area contributed by atoms with E-state index in [9.17, 15) is 9.59 Å². The Hall–Kier alpha value is -1.95. The Bertz CT molecular complexity index is 631. The Balaban J connectivity index is 1.40. The summed E-state index contributed by atoms with van der Waals surface area (Å²) in [4.78, 5) is 27.5. The van der Waals surface area contributed by atoms with Crippen LogP contribution in [0, 0.1) is 5.92 Å². The number of nitrogens with zero attached hydrogens (tertiary/aromatic N) is 1. The molecular weight excluding hydrogens is 286 g/mol. The highest BCUT2D eigenvalue weighted by molar-refractivity contribution is 7.18. The Morgan fingerprint density at radius 3 is 2.81 bits per heavy atom. The molecule has 1 fully saturated rings. The molecule has 1 aliphatic carbocycles. The second kappa shape index (κ2) is 6.22. The molecule has 1 aliphatic rings. The lowest BCUT2D eigenvalue weighted by atomic mass is 10.2. The van der Waals surface area contributed by atoms with Gasteiger partial charge in [-0.25, -0.2) is 4.98 Å². The van der Waals surface area contributed by atoms with Gasteiger partial charge in [0.05, 0.1) is 15.2 Å². The van der Waals surface area contributed by atoms with Gasteiger partial charge in [0.1, 0.15) is 0 Å². The zero-order valence-corrected chi connectivity index (χ0v) is 12.4. The van der Waals surface area contributed by atoms with E-state index in [0.717, 1.165) is 36.2 Å². The Labute approximate surface area is 126 Å². The number of hydrazine groups is 1. The number of carbonyl (C=O) groups excluding carboxylic acids is 2. The third-order valence-corrected chi connectivity index (χ3v) is 4.50. The summed E-state index contributed by atoms with van der Waals surface area (Å²) in [5, 5.41) is 1.05. The van der Waals surface area contributed by atoms with Gasteiger partial charge >= 0.3 is 0 Å². The van der Waals surface area contributed by atoms with E-state index in [4.69, 9.17) is 0 Å². The summed E-state index contributed by atoms with van der Waals surface area (Å²) in [5.41, 5.74) is 5.94. The van der Waals surface area contributed by atoms with Crippen molar-refractivity contribution >= 4 is 33.4 Å². The molecular formula is C15H17N3O2S. The quantitative estimate of drug-likeness (QED) is 0.832. The molecule has 5 nitrogen and oxygen atoms in total. The monoisotopic (exact) mass is 303 g/mol. The van der Waals surface area contributed by atoms with Crippen molar-refractivity contribution in [2.24, 2.45) is 5.92 Å². The van der Waals surface area contributed by atoms with E-state index in [-0.39, 0.29) is 17.7 Å². The van der Waals surface area contributed by atoms with E-state index in [2.05, 4.69) is 21.9 Å². The molecule has 0 saturated heterocycles. The summed E-state index contributed by atoms with van der Waals surface area (Å²) in [5.74, 6) is -0.118. The van der Waals surface area contributed by atoms with E-state index in [1.54, 1.807) is 11.3 Å². The van der Waals surface area contributed by atoms with Gasteiger partial charge in [-0.3, -0.25) is 20.4 Å². The standard InChI is InChI=1S/C15H17N3O2S/c19-13(17-18-15(20)10-8-9-10)6-3-7-14-16-11-4-1-2-5-12(11)21-14/h1-2,4-5,10H,3,6-9H2,(H,17,19)(H,18,20). The smallest absolute Gasteiger partial charge is 0.241 e. The number of aryl methyl sites for hydroxylation is 1. The van der Waals surface area contributed by atoms with Crippen molar-refractivity contribution in [2.45, 2.75) is 32.1 Å². The van der Waals surface area contributed by atoms with Crippen LogP contribution in [0.4, 0.5) is 0 Å². The van der Waals surface area contributed by atoms with Crippen LogP contribution in [0.3, 0.4) is 0 Å². The largest absolute Gasteiger partial charge is 0.273 e. The van der Waals surface area contributed by atoms with Crippen LogP contribution >= 0.6 is 11.3 Å². The predicted octanol–water partition coefficient (Wildman–Crippen LogP) is 2.18. The predicted molar refractivity (Wildman–Crippen MR) is 81.6 cm³/mol. The molecule has 2 aromatic rings. The van der Waals surface area contributed by atoms with Gasteiger partial charge in [0.2, 0.25) is 11.8 Å². The maximum Gasteiger partial charge on any atom is 0.241 e. The molecule has 0 radical (unpaired) electrons. The molecule has 3 rings (SSSR count). The summed E-state index contributed by atoms with van der Waals surface area (Å²) >= 11 is 1.67. The SMILES string of the molecule is O=C(CCCc1nc2ccccc2s1)NNC(=O)C1CC1. The molecule has 6 heteroatoms. The molecule has 1 aromatic carbocycles. The van der Waals surface area contributed by atoms with Crippen molar-refractivity contribution < 1.29 is 9.59 Å². The highest BCUT2D eigenvalue weighted by Crippen LogP contribution is 2.28. The topological polar surface area (TPSA) is 71.1 Å². The van der Waals surface area contributed by atoms with Gasteiger partial charge in [-0.1, -0.05) is 12.1 Å². The first kappa shape index (κ1) is 14.0. The van der Waals surface area contributed by atoms with Gasteiger partial charge in [0, 0.05) is 12.3 Å². The van der Waals surface area contributed by atoms with Crippen molar-refractivity contribution in [1.82, 2.24) is 15.8 Å². The summed E-state index contributed by atoms with van der Waals surface area (Å²) in [6.45, 7) is 0. The summed E-state index contributed by atoms with van der Waals surface area (Å²) in [6.07, 6.45) is 3.76. The van der Waals surface area contributed by atoms with Crippen LogP contribution in [0.15, 0.2) is 24.3 Å². The fourth-order valence-corrected chi connectivity index (χ4v) is 3.08. The number of rotatable bonds is 5. The Morgan fingerprint density at radius 1 is 1.24 bits per heavy atom. The zero-order chi connectivity index (χ0) is 14.7. The maximum atomic E-state index is 11.6. The van der Waals surface area contributed by atoms with E-state index in [1.807, 2.05) is 18.2 Å². The van der Waals surface area contributed by atoms with Crippen molar-refractivity contribution in [3.8, 4) is 0 Å². The fourth-order valence-electron chi connectivity index (χ4n) is 2.07. The second-order valence-corrected chi connectivity index (χ2v) is 6.36. The first-order valence-corrected chi connectivity index (χ1v) is 7.97. The van der Waals surface area contributed by atoms with Gasteiger partial charge in [0.25, 0.3) is 0 Å². The lowest BCUT2D eigenvalue weighted by Gasteiger charge is -2.05. The van der Waals surface area contributed by atoms with Crippen LogP contribution in [0.25, 0.3) is 10.2 Å². The lowest BCUT2D eigenvalue weighted by molar-refractivity contribution is -0.129. The van der Waals surface area contributed by atoms with E-state index in [1.165, 1.54) is 4.70 Å². The van der Waals surface area contributed by atoms with Crippen molar-refractivity contribution in [3.63, 3.8) is 0 Å². The molecule has 21 heavy (non-hydrogen) atoms. The Morgan fingerprint density at radius 2 is 2.05 bits per heavy atom. The minimum atomic E-state index is -0.148. The number of fused-ring (bicyclic) bond motifs is 1. The number of carbonyl (C=O) groups is 2. The average Bonchev–Trinajstić information content (AvgIpc) is 3.25. The van der Waals surface area contributed by atoms with Crippen LogP contribution < -0.4 is 10.9 Å². The van der Waals surface area contributed by atoms with Gasteiger partial charge in [0.15, 0.2) is 0 Å². The minimum Gasteiger partial charge on any atom is -0.273 e. The highest BCUT2D eigenvalue weighted by Gasteiger charge is 2.29. The number of para-hydroxylation sites is 1. The zero-order valence-electron chi connectivity index (χ0n) is 11.6. The fraction of sp³-hybridized carbons (Fsp3) is 0.400. The molecule has 2 N–H and O–H groups in total. The number of aromatic nitrogens is 1. The molecule has 0 aliphatic heterocycles. The normalized spacial score (nSPS) is 14.1.